The number of phenolic OH excluding ortho intramolecular Hbond substituents is 1. The van der Waals surface area contributed by atoms with Crippen molar-refractivity contribution < 1.29 is 33.5 Å². The van der Waals surface area contributed by atoms with Gasteiger partial charge in [-0.25, -0.2) is 9.29 Å². The molecule has 4 amide bonds. The van der Waals surface area contributed by atoms with Gasteiger partial charge in [0, 0.05) is 17.0 Å². The summed E-state index contributed by atoms with van der Waals surface area (Å²) in [5, 5.41) is 11.0. The van der Waals surface area contributed by atoms with Crippen LogP contribution in [-0.4, -0.2) is 34.5 Å². The monoisotopic (exact) mass is 592 g/mol. The number of halogens is 1. The Morgan fingerprint density at radius 2 is 1.52 bits per heavy atom. The number of nitrogens with zero attached hydrogens (tertiary/aromatic N) is 2. The van der Waals surface area contributed by atoms with E-state index < -0.39 is 64.3 Å². The number of rotatable bonds is 4. The predicted octanol–water partition coefficient (Wildman–Crippen LogP) is 5.17. The molecule has 0 radical (unpaired) electrons. The third kappa shape index (κ3) is 3.71. The van der Waals surface area contributed by atoms with Crippen LogP contribution in [0.3, 0.4) is 0 Å². The fourth-order valence-corrected chi connectivity index (χ4v) is 8.05. The van der Waals surface area contributed by atoms with E-state index in [-0.39, 0.29) is 30.1 Å². The second kappa shape index (κ2) is 9.80. The lowest BCUT2D eigenvalue weighted by Crippen LogP contribution is -2.49. The fraction of sp³-hybridized carbons (Fsp3) is 0.286. The Labute approximate surface area is 252 Å². The van der Waals surface area contributed by atoms with Crippen molar-refractivity contribution >= 4 is 40.8 Å². The van der Waals surface area contributed by atoms with Gasteiger partial charge in [-0.3, -0.25) is 28.9 Å². The van der Waals surface area contributed by atoms with E-state index in [1.807, 2.05) is 6.08 Å². The SMILES string of the molecule is CC(=O)c1ccc(N2C(=O)[C@H]3[C@H](CC=C4[C@H]3C[C@H]3C(=O)N(c5ccccc5)C(=O)[C@@]3(C)[C@H]4c3cccc(F)c3O)C2=O)cc1. The maximum Gasteiger partial charge on any atom is 0.241 e. The highest BCUT2D eigenvalue weighted by molar-refractivity contribution is 6.25. The first-order valence-electron chi connectivity index (χ1n) is 14.6. The lowest BCUT2D eigenvalue weighted by molar-refractivity contribution is -0.131. The molecule has 9 heteroatoms. The number of carbonyl (C=O) groups is 5. The number of carbonyl (C=O) groups excluding carboxylic acids is 5. The first kappa shape index (κ1) is 27.9. The van der Waals surface area contributed by atoms with Gasteiger partial charge in [0.25, 0.3) is 0 Å². The van der Waals surface area contributed by atoms with Gasteiger partial charge in [0.1, 0.15) is 0 Å². The van der Waals surface area contributed by atoms with Crippen molar-refractivity contribution in [2.24, 2.45) is 29.1 Å². The Morgan fingerprint density at radius 3 is 2.20 bits per heavy atom. The molecule has 0 spiro atoms. The lowest BCUT2D eigenvalue weighted by atomic mass is 9.51. The minimum Gasteiger partial charge on any atom is -0.505 e. The van der Waals surface area contributed by atoms with Crippen LogP contribution in [-0.2, 0) is 19.2 Å². The van der Waals surface area contributed by atoms with Gasteiger partial charge in [-0.05, 0) is 75.1 Å². The average Bonchev–Trinajstić information content (AvgIpc) is 3.38. The number of aromatic hydroxyl groups is 1. The maximum absolute atomic E-state index is 14.8. The standard InChI is InChI=1S/C35H29FN2O6/c1-18(39)19-11-13-21(14-12-19)37-31(41)23-16-15-22-25(28(23)33(37)43)17-26-32(42)38(20-7-4-3-5-8-20)34(44)35(26,2)29(22)24-9-6-10-27(36)30(24)40/h3-15,23,25-26,28-29,40H,16-17H2,1-2H3/t23-,25+,26-,28-,29+,35+/m0/s1. The molecule has 2 aliphatic carbocycles. The van der Waals surface area contributed by atoms with Crippen LogP contribution in [0.15, 0.2) is 84.4 Å². The van der Waals surface area contributed by atoms with E-state index in [1.165, 1.54) is 13.0 Å². The van der Waals surface area contributed by atoms with Gasteiger partial charge in [0.05, 0.1) is 34.5 Å². The third-order valence-corrected chi connectivity index (χ3v) is 10.2. The van der Waals surface area contributed by atoms with Crippen LogP contribution in [0, 0.1) is 34.9 Å². The molecule has 44 heavy (non-hydrogen) atoms. The number of imide groups is 2. The summed E-state index contributed by atoms with van der Waals surface area (Å²) in [4.78, 5) is 70.4. The number of hydrogen-bond acceptors (Lipinski definition) is 6. The fourth-order valence-electron chi connectivity index (χ4n) is 8.05. The molecule has 0 unspecified atom stereocenters. The summed E-state index contributed by atoms with van der Waals surface area (Å²) in [5.74, 6) is -7.22. The smallest absolute Gasteiger partial charge is 0.241 e. The number of allylic oxidation sites excluding steroid dienone is 2. The molecule has 3 aromatic rings. The number of hydrogen-bond donors (Lipinski definition) is 1. The minimum atomic E-state index is -1.39. The normalized spacial score (nSPS) is 29.3. The van der Waals surface area contributed by atoms with E-state index in [2.05, 4.69) is 0 Å². The summed E-state index contributed by atoms with van der Waals surface area (Å²) in [6, 6.07) is 19.0. The number of phenols is 1. The molecular formula is C35H29FN2O6. The van der Waals surface area contributed by atoms with E-state index in [9.17, 15) is 33.5 Å². The Bertz CT molecular complexity index is 1800. The molecular weight excluding hydrogens is 563 g/mol. The summed E-state index contributed by atoms with van der Waals surface area (Å²) in [7, 11) is 0. The summed E-state index contributed by atoms with van der Waals surface area (Å²) >= 11 is 0. The Kier molecular flexibility index (Phi) is 6.21. The van der Waals surface area contributed by atoms with Gasteiger partial charge in [-0.15, -0.1) is 0 Å². The highest BCUT2D eigenvalue weighted by atomic mass is 19.1. The molecule has 1 saturated carbocycles. The van der Waals surface area contributed by atoms with Gasteiger partial charge in [0.15, 0.2) is 17.3 Å². The first-order chi connectivity index (χ1) is 21.1. The first-order valence-corrected chi connectivity index (χ1v) is 14.6. The van der Waals surface area contributed by atoms with E-state index in [4.69, 9.17) is 0 Å². The summed E-state index contributed by atoms with van der Waals surface area (Å²) < 4.78 is 14.8. The second-order valence-corrected chi connectivity index (χ2v) is 12.3. The third-order valence-electron chi connectivity index (χ3n) is 10.2. The Morgan fingerprint density at radius 1 is 0.841 bits per heavy atom. The second-order valence-electron chi connectivity index (χ2n) is 12.3. The topological polar surface area (TPSA) is 112 Å². The number of Topliss-reactive ketones (excluding diaryl/α,β-unsaturated/α-hetero) is 1. The zero-order valence-electron chi connectivity index (χ0n) is 24.1. The molecule has 8 nitrogen and oxygen atoms in total. The highest BCUT2D eigenvalue weighted by Gasteiger charge is 2.68. The van der Waals surface area contributed by atoms with E-state index in [1.54, 1.807) is 67.6 Å². The number of ketones is 1. The molecule has 1 N–H and O–H groups in total. The van der Waals surface area contributed by atoms with Gasteiger partial charge in [-0.2, -0.15) is 0 Å². The van der Waals surface area contributed by atoms with Gasteiger partial charge in [0.2, 0.25) is 23.6 Å². The Hall–Kier alpha value is -4.92. The number of benzene rings is 3. The molecule has 7 rings (SSSR count). The van der Waals surface area contributed by atoms with Gasteiger partial charge >= 0.3 is 0 Å². The predicted molar refractivity (Wildman–Crippen MR) is 158 cm³/mol. The van der Waals surface area contributed by atoms with Crippen molar-refractivity contribution in [1.29, 1.82) is 0 Å². The summed E-state index contributed by atoms with van der Waals surface area (Å²) in [5.41, 5.74) is 0.631. The van der Waals surface area contributed by atoms with Crippen LogP contribution in [0.4, 0.5) is 15.8 Å². The van der Waals surface area contributed by atoms with Gasteiger partial charge in [-0.1, -0.05) is 42.0 Å². The van der Waals surface area contributed by atoms with Crippen LogP contribution < -0.4 is 9.80 Å². The van der Waals surface area contributed by atoms with Crippen molar-refractivity contribution in [3.8, 4) is 5.75 Å². The van der Waals surface area contributed by atoms with Crippen LogP contribution >= 0.6 is 0 Å². The zero-order chi connectivity index (χ0) is 31.1. The van der Waals surface area contributed by atoms with E-state index in [0.717, 1.165) is 15.9 Å². The van der Waals surface area contributed by atoms with Crippen molar-refractivity contribution in [3.63, 3.8) is 0 Å². The quantitative estimate of drug-likeness (QED) is 0.254. The molecule has 2 heterocycles. The van der Waals surface area contributed by atoms with Crippen LogP contribution in [0.25, 0.3) is 0 Å². The van der Waals surface area contributed by atoms with Crippen LogP contribution in [0.1, 0.15) is 48.5 Å². The van der Waals surface area contributed by atoms with E-state index >= 15 is 0 Å². The molecule has 3 fully saturated rings. The molecule has 2 aliphatic heterocycles. The summed E-state index contributed by atoms with van der Waals surface area (Å²) in [6.45, 7) is 3.12. The van der Waals surface area contributed by atoms with Crippen LogP contribution in [0.2, 0.25) is 0 Å². The number of anilines is 2. The largest absolute Gasteiger partial charge is 0.505 e. The van der Waals surface area contributed by atoms with E-state index in [0.29, 0.717) is 22.5 Å². The van der Waals surface area contributed by atoms with Crippen molar-refractivity contribution in [1.82, 2.24) is 0 Å². The molecule has 0 aromatic heterocycles. The average molecular weight is 593 g/mol. The van der Waals surface area contributed by atoms with Crippen LogP contribution in [0.5, 0.6) is 5.75 Å². The van der Waals surface area contributed by atoms with Gasteiger partial charge < -0.3 is 5.11 Å². The summed E-state index contributed by atoms with van der Waals surface area (Å²) in [6.07, 6.45) is 2.19. The molecule has 6 atom stereocenters. The molecule has 3 aromatic carbocycles. The maximum atomic E-state index is 14.8. The number of fused-ring (bicyclic) bond motifs is 4. The Balaban J connectivity index is 1.36. The highest BCUT2D eigenvalue weighted by Crippen LogP contribution is 2.64. The number of para-hydroxylation sites is 2. The lowest BCUT2D eigenvalue weighted by Gasteiger charge is -2.49. The molecule has 0 bridgehead atoms. The number of amides is 4. The molecule has 4 aliphatic rings. The van der Waals surface area contributed by atoms with Crippen molar-refractivity contribution in [2.45, 2.75) is 32.6 Å². The minimum absolute atomic E-state index is 0.139. The molecule has 222 valence electrons. The molecule has 2 saturated heterocycles. The zero-order valence-corrected chi connectivity index (χ0v) is 24.1. The van der Waals surface area contributed by atoms with Crippen molar-refractivity contribution in [3.05, 3.63) is 101 Å². The van der Waals surface area contributed by atoms with Crippen molar-refractivity contribution in [2.75, 3.05) is 9.80 Å².